The van der Waals surface area contributed by atoms with E-state index >= 15 is 0 Å². The van der Waals surface area contributed by atoms with Gasteiger partial charge in [-0.25, -0.2) is 0 Å². The first kappa shape index (κ1) is 17.5. The Labute approximate surface area is 135 Å². The van der Waals surface area contributed by atoms with Gasteiger partial charge >= 0.3 is 0 Å². The van der Waals surface area contributed by atoms with Crippen LogP contribution in [-0.4, -0.2) is 25.5 Å². The van der Waals surface area contributed by atoms with Crippen molar-refractivity contribution in [2.24, 2.45) is 5.92 Å². The number of piperidine rings is 1. The van der Waals surface area contributed by atoms with Crippen molar-refractivity contribution in [3.8, 4) is 0 Å². The van der Waals surface area contributed by atoms with E-state index in [4.69, 9.17) is 0 Å². The van der Waals surface area contributed by atoms with Crippen molar-refractivity contribution in [2.75, 3.05) is 19.6 Å². The zero-order valence-corrected chi connectivity index (χ0v) is 14.1. The van der Waals surface area contributed by atoms with Crippen LogP contribution in [0.2, 0.25) is 0 Å². The molecule has 1 aromatic rings. The minimum Gasteiger partial charge on any atom is -0.352 e. The quantitative estimate of drug-likeness (QED) is 0.864. The Morgan fingerprint density at radius 1 is 1.45 bits per heavy atom. The van der Waals surface area contributed by atoms with Crippen molar-refractivity contribution in [3.63, 3.8) is 0 Å². The average molecular weight is 362 g/mol. The van der Waals surface area contributed by atoms with Gasteiger partial charge in [0.25, 0.3) is 5.91 Å². The van der Waals surface area contributed by atoms with Crippen molar-refractivity contribution in [1.82, 2.24) is 10.6 Å². The van der Waals surface area contributed by atoms with Crippen molar-refractivity contribution in [2.45, 2.75) is 26.2 Å². The lowest BCUT2D eigenvalue weighted by Crippen LogP contribution is -2.33. The molecule has 2 rings (SSSR count). The van der Waals surface area contributed by atoms with E-state index in [0.29, 0.717) is 5.92 Å². The maximum absolute atomic E-state index is 12.0. The van der Waals surface area contributed by atoms with Crippen molar-refractivity contribution >= 4 is 34.2 Å². The minimum absolute atomic E-state index is 0. The van der Waals surface area contributed by atoms with Crippen LogP contribution in [0.15, 0.2) is 22.7 Å². The highest BCUT2D eigenvalue weighted by Crippen LogP contribution is 2.16. The largest absolute Gasteiger partial charge is 0.352 e. The van der Waals surface area contributed by atoms with Crippen LogP contribution >= 0.6 is 28.3 Å². The summed E-state index contributed by atoms with van der Waals surface area (Å²) in [4.78, 5) is 12.0. The minimum atomic E-state index is 0. The Kier molecular flexibility index (Phi) is 7.56. The second kappa shape index (κ2) is 8.65. The molecule has 0 bridgehead atoms. The molecule has 0 spiro atoms. The first-order chi connectivity index (χ1) is 9.15. The maximum Gasteiger partial charge on any atom is 0.251 e. The van der Waals surface area contributed by atoms with Gasteiger partial charge in [0.05, 0.1) is 0 Å². The van der Waals surface area contributed by atoms with Crippen LogP contribution in [0.3, 0.4) is 0 Å². The summed E-state index contributed by atoms with van der Waals surface area (Å²) >= 11 is 3.42. The predicted molar refractivity (Wildman–Crippen MR) is 88.7 cm³/mol. The van der Waals surface area contributed by atoms with E-state index in [-0.39, 0.29) is 18.3 Å². The zero-order chi connectivity index (χ0) is 13.7. The molecule has 112 valence electrons. The van der Waals surface area contributed by atoms with Crippen LogP contribution in [0.4, 0.5) is 0 Å². The van der Waals surface area contributed by atoms with Gasteiger partial charge in [-0.3, -0.25) is 4.79 Å². The van der Waals surface area contributed by atoms with Crippen LogP contribution < -0.4 is 10.6 Å². The molecule has 0 aromatic heterocycles. The number of halogens is 2. The predicted octanol–water partition coefficient (Wildman–Crippen LogP) is 3.30. The van der Waals surface area contributed by atoms with Crippen LogP contribution in [-0.2, 0) is 0 Å². The highest BCUT2D eigenvalue weighted by atomic mass is 79.9. The number of benzene rings is 1. The van der Waals surface area contributed by atoms with E-state index in [2.05, 4.69) is 26.6 Å². The zero-order valence-electron chi connectivity index (χ0n) is 11.7. The molecule has 1 aliphatic heterocycles. The average Bonchev–Trinajstić information content (AvgIpc) is 2.38. The fourth-order valence-electron chi connectivity index (χ4n) is 2.53. The SMILES string of the molecule is Cc1cc(Br)cc(C(=O)NCCC2CCCNC2)c1.Cl. The Hall–Kier alpha value is -0.580. The third-order valence-corrected chi connectivity index (χ3v) is 4.00. The van der Waals surface area contributed by atoms with E-state index in [1.54, 1.807) is 0 Å². The summed E-state index contributed by atoms with van der Waals surface area (Å²) in [5.74, 6) is 0.728. The molecule has 1 atom stereocenters. The van der Waals surface area contributed by atoms with Gasteiger partial charge in [-0.05, 0) is 69.0 Å². The molecule has 1 fully saturated rings. The number of hydrogen-bond donors (Lipinski definition) is 2. The third kappa shape index (κ3) is 5.43. The Morgan fingerprint density at radius 3 is 2.90 bits per heavy atom. The molecule has 0 aliphatic carbocycles. The number of rotatable bonds is 4. The van der Waals surface area contributed by atoms with Crippen molar-refractivity contribution in [3.05, 3.63) is 33.8 Å². The van der Waals surface area contributed by atoms with Gasteiger partial charge in [0.1, 0.15) is 0 Å². The number of nitrogens with one attached hydrogen (secondary N) is 2. The lowest BCUT2D eigenvalue weighted by molar-refractivity contribution is 0.0950. The molecular formula is C15H22BrClN2O. The molecular weight excluding hydrogens is 340 g/mol. The van der Waals surface area contributed by atoms with Gasteiger partial charge in [0, 0.05) is 16.6 Å². The van der Waals surface area contributed by atoms with Crippen LogP contribution in [0.1, 0.15) is 35.2 Å². The highest BCUT2D eigenvalue weighted by molar-refractivity contribution is 9.10. The van der Waals surface area contributed by atoms with Crippen LogP contribution in [0, 0.1) is 12.8 Å². The standard InChI is InChI=1S/C15H21BrN2O.ClH/c1-11-7-13(9-14(16)8-11)15(19)18-6-4-12-3-2-5-17-10-12;/h7-9,12,17H,2-6,10H2,1H3,(H,18,19);1H. The summed E-state index contributed by atoms with van der Waals surface area (Å²) in [6.07, 6.45) is 3.59. The molecule has 3 nitrogen and oxygen atoms in total. The van der Waals surface area contributed by atoms with E-state index in [1.165, 1.54) is 12.8 Å². The first-order valence-corrected chi connectivity index (χ1v) is 7.70. The summed E-state index contributed by atoms with van der Waals surface area (Å²) in [6.45, 7) is 4.98. The van der Waals surface area contributed by atoms with Crippen molar-refractivity contribution < 1.29 is 4.79 Å². The lowest BCUT2D eigenvalue weighted by atomic mass is 9.96. The molecule has 1 unspecified atom stereocenters. The second-order valence-corrected chi connectivity index (χ2v) is 6.19. The molecule has 5 heteroatoms. The third-order valence-electron chi connectivity index (χ3n) is 3.54. The summed E-state index contributed by atoms with van der Waals surface area (Å²) in [7, 11) is 0. The molecule has 1 amide bonds. The number of carbonyl (C=O) groups excluding carboxylic acids is 1. The molecule has 1 aromatic carbocycles. The van der Waals surface area contributed by atoms with Gasteiger partial charge in [0.2, 0.25) is 0 Å². The molecule has 0 saturated carbocycles. The van der Waals surface area contributed by atoms with E-state index < -0.39 is 0 Å². The fraction of sp³-hybridized carbons (Fsp3) is 0.533. The van der Waals surface area contributed by atoms with Crippen LogP contribution in [0.5, 0.6) is 0 Å². The van der Waals surface area contributed by atoms with Crippen LogP contribution in [0.25, 0.3) is 0 Å². The first-order valence-electron chi connectivity index (χ1n) is 6.91. The Balaban J connectivity index is 0.00000200. The summed E-state index contributed by atoms with van der Waals surface area (Å²) in [5, 5.41) is 6.41. The van der Waals surface area contributed by atoms with Gasteiger partial charge in [-0.15, -0.1) is 12.4 Å². The monoisotopic (exact) mass is 360 g/mol. The molecule has 0 radical (unpaired) electrons. The van der Waals surface area contributed by atoms with E-state index in [0.717, 1.165) is 41.7 Å². The molecule has 1 saturated heterocycles. The number of aryl methyl sites for hydroxylation is 1. The summed E-state index contributed by atoms with van der Waals surface area (Å²) < 4.78 is 0.953. The molecule has 2 N–H and O–H groups in total. The smallest absolute Gasteiger partial charge is 0.251 e. The maximum atomic E-state index is 12.0. The Bertz CT molecular complexity index is 427. The molecule has 1 heterocycles. The second-order valence-electron chi connectivity index (χ2n) is 5.27. The van der Waals surface area contributed by atoms with Gasteiger partial charge < -0.3 is 10.6 Å². The van der Waals surface area contributed by atoms with Gasteiger partial charge in [-0.1, -0.05) is 15.9 Å². The topological polar surface area (TPSA) is 41.1 Å². The number of hydrogen-bond acceptors (Lipinski definition) is 2. The molecule has 20 heavy (non-hydrogen) atoms. The Morgan fingerprint density at radius 2 is 2.25 bits per heavy atom. The van der Waals surface area contributed by atoms with Crippen molar-refractivity contribution in [1.29, 1.82) is 0 Å². The fourth-order valence-corrected chi connectivity index (χ4v) is 3.14. The summed E-state index contributed by atoms with van der Waals surface area (Å²) in [5.41, 5.74) is 1.82. The number of amides is 1. The number of carbonyl (C=O) groups is 1. The van der Waals surface area contributed by atoms with E-state index in [1.807, 2.05) is 25.1 Å². The summed E-state index contributed by atoms with van der Waals surface area (Å²) in [6, 6.07) is 5.79. The highest BCUT2D eigenvalue weighted by Gasteiger charge is 2.13. The normalized spacial score (nSPS) is 18.2. The molecule has 1 aliphatic rings. The van der Waals surface area contributed by atoms with Gasteiger partial charge in [0.15, 0.2) is 0 Å². The van der Waals surface area contributed by atoms with E-state index in [9.17, 15) is 4.79 Å². The van der Waals surface area contributed by atoms with Gasteiger partial charge in [-0.2, -0.15) is 0 Å². The lowest BCUT2D eigenvalue weighted by Gasteiger charge is -2.22.